The molecule has 0 bridgehead atoms. The van der Waals surface area contributed by atoms with Crippen molar-refractivity contribution in [2.24, 2.45) is 0 Å². The number of carbonyl (C=O) groups is 2. The van der Waals surface area contributed by atoms with Gasteiger partial charge in [0.25, 0.3) is 12.3 Å². The van der Waals surface area contributed by atoms with Gasteiger partial charge in [-0.05, 0) is 49.2 Å². The number of imidazole rings is 1. The predicted molar refractivity (Wildman–Crippen MR) is 108 cm³/mol. The van der Waals surface area contributed by atoms with E-state index in [1.165, 1.54) is 25.3 Å². The third-order valence-electron chi connectivity index (χ3n) is 5.08. The molecule has 7 nitrogen and oxygen atoms in total. The van der Waals surface area contributed by atoms with Crippen molar-refractivity contribution in [3.8, 4) is 0 Å². The monoisotopic (exact) mass is 414 g/mol. The van der Waals surface area contributed by atoms with Crippen LogP contribution in [0.2, 0.25) is 0 Å². The molecule has 0 spiro atoms. The van der Waals surface area contributed by atoms with E-state index in [-0.39, 0.29) is 5.56 Å². The van der Waals surface area contributed by atoms with Gasteiger partial charge in [-0.25, -0.2) is 18.6 Å². The minimum absolute atomic E-state index is 0.280. The van der Waals surface area contributed by atoms with E-state index in [0.29, 0.717) is 22.3 Å². The van der Waals surface area contributed by atoms with Crippen molar-refractivity contribution in [1.82, 2.24) is 9.97 Å². The second-order valence-electron chi connectivity index (χ2n) is 7.03. The standard InChI is InChI=1S/C21H20F2N4O3/c1-30-21(29)13-5-7-17(27-8-2-3-9-27)16(11-13)26-20(28)12-4-6-14-15(10-12)25-19(24-14)18(22)23/h4-7,10-11,18H,2-3,8-9H2,1H3,(H,24,25)(H,26,28). The summed E-state index contributed by atoms with van der Waals surface area (Å²) in [5.74, 6) is -1.37. The molecular weight excluding hydrogens is 394 g/mol. The maximum atomic E-state index is 12.9. The zero-order valence-corrected chi connectivity index (χ0v) is 16.2. The topological polar surface area (TPSA) is 87.3 Å². The van der Waals surface area contributed by atoms with Gasteiger partial charge in [0.1, 0.15) is 0 Å². The lowest BCUT2D eigenvalue weighted by Crippen LogP contribution is -2.21. The van der Waals surface area contributed by atoms with E-state index in [2.05, 4.69) is 20.2 Å². The van der Waals surface area contributed by atoms with Gasteiger partial charge in [-0.1, -0.05) is 0 Å². The molecular formula is C21H20F2N4O3. The third kappa shape index (κ3) is 3.83. The van der Waals surface area contributed by atoms with E-state index in [1.807, 2.05) is 0 Å². The first-order valence-electron chi connectivity index (χ1n) is 9.53. The summed E-state index contributed by atoms with van der Waals surface area (Å²) < 4.78 is 30.5. The highest BCUT2D eigenvalue weighted by atomic mass is 19.3. The lowest BCUT2D eigenvalue weighted by molar-refractivity contribution is 0.0600. The Bertz CT molecular complexity index is 1110. The van der Waals surface area contributed by atoms with Gasteiger partial charge >= 0.3 is 5.97 Å². The minimum Gasteiger partial charge on any atom is -0.465 e. The van der Waals surface area contributed by atoms with E-state index in [4.69, 9.17) is 4.74 Å². The number of benzene rings is 2. The number of halogens is 2. The molecule has 0 aliphatic carbocycles. The number of esters is 1. The van der Waals surface area contributed by atoms with Crippen molar-refractivity contribution in [2.45, 2.75) is 19.3 Å². The lowest BCUT2D eigenvalue weighted by atomic mass is 10.1. The molecule has 30 heavy (non-hydrogen) atoms. The zero-order chi connectivity index (χ0) is 21.3. The fourth-order valence-corrected chi connectivity index (χ4v) is 3.58. The van der Waals surface area contributed by atoms with Crippen LogP contribution in [0, 0.1) is 0 Å². The summed E-state index contributed by atoms with van der Waals surface area (Å²) in [5, 5.41) is 2.85. The highest BCUT2D eigenvalue weighted by Gasteiger charge is 2.20. The molecule has 1 aliphatic heterocycles. The van der Waals surface area contributed by atoms with Crippen LogP contribution in [0.4, 0.5) is 20.2 Å². The number of H-pyrrole nitrogens is 1. The molecule has 1 fully saturated rings. The molecule has 0 radical (unpaired) electrons. The van der Waals surface area contributed by atoms with Crippen LogP contribution in [-0.2, 0) is 4.74 Å². The molecule has 2 aromatic carbocycles. The number of aromatic nitrogens is 2. The summed E-state index contributed by atoms with van der Waals surface area (Å²) in [6, 6.07) is 9.55. The normalized spacial score (nSPS) is 13.8. The fourth-order valence-electron chi connectivity index (χ4n) is 3.58. The van der Waals surface area contributed by atoms with Crippen LogP contribution < -0.4 is 10.2 Å². The van der Waals surface area contributed by atoms with Crippen molar-refractivity contribution < 1.29 is 23.1 Å². The summed E-state index contributed by atoms with van der Waals surface area (Å²) >= 11 is 0. The van der Waals surface area contributed by atoms with Gasteiger partial charge in [0, 0.05) is 18.7 Å². The van der Waals surface area contributed by atoms with Gasteiger partial charge < -0.3 is 19.9 Å². The average Bonchev–Trinajstić information content (AvgIpc) is 3.42. The Morgan fingerprint density at radius 1 is 1.13 bits per heavy atom. The Morgan fingerprint density at radius 2 is 1.87 bits per heavy atom. The van der Waals surface area contributed by atoms with E-state index >= 15 is 0 Å². The Hall–Kier alpha value is -3.49. The van der Waals surface area contributed by atoms with Crippen molar-refractivity contribution in [2.75, 3.05) is 30.4 Å². The maximum absolute atomic E-state index is 12.9. The molecule has 0 atom stereocenters. The number of hydrogen-bond donors (Lipinski definition) is 2. The van der Waals surface area contributed by atoms with Gasteiger partial charge in [0.2, 0.25) is 0 Å². The van der Waals surface area contributed by atoms with Gasteiger partial charge in [0.05, 0.1) is 35.1 Å². The second kappa shape index (κ2) is 8.10. The molecule has 156 valence electrons. The smallest absolute Gasteiger partial charge is 0.337 e. The molecule has 1 aromatic heterocycles. The van der Waals surface area contributed by atoms with Crippen molar-refractivity contribution in [1.29, 1.82) is 0 Å². The highest BCUT2D eigenvalue weighted by molar-refractivity contribution is 6.08. The lowest BCUT2D eigenvalue weighted by Gasteiger charge is -2.22. The number of rotatable bonds is 5. The van der Waals surface area contributed by atoms with E-state index in [1.54, 1.807) is 18.2 Å². The summed E-state index contributed by atoms with van der Waals surface area (Å²) in [7, 11) is 1.29. The summed E-state index contributed by atoms with van der Waals surface area (Å²) in [5.41, 5.74) is 2.61. The first-order chi connectivity index (χ1) is 14.5. The SMILES string of the molecule is COC(=O)c1ccc(N2CCCC2)c(NC(=O)c2ccc3nc(C(F)F)[nH]c3c2)c1. The molecule has 0 unspecified atom stereocenters. The molecule has 3 aromatic rings. The Balaban J connectivity index is 1.65. The van der Waals surface area contributed by atoms with Crippen LogP contribution >= 0.6 is 0 Å². The molecule has 2 heterocycles. The number of amides is 1. The average molecular weight is 414 g/mol. The number of nitrogens with one attached hydrogen (secondary N) is 2. The number of fused-ring (bicyclic) bond motifs is 1. The zero-order valence-electron chi connectivity index (χ0n) is 16.2. The van der Waals surface area contributed by atoms with Crippen LogP contribution in [0.3, 0.4) is 0 Å². The van der Waals surface area contributed by atoms with E-state index in [9.17, 15) is 18.4 Å². The van der Waals surface area contributed by atoms with E-state index < -0.39 is 24.1 Å². The maximum Gasteiger partial charge on any atom is 0.337 e. The number of carbonyl (C=O) groups excluding carboxylic acids is 2. The fraction of sp³-hybridized carbons (Fsp3) is 0.286. The van der Waals surface area contributed by atoms with Gasteiger partial charge in [-0.15, -0.1) is 0 Å². The molecule has 1 amide bonds. The number of nitrogens with zero attached hydrogens (tertiary/aromatic N) is 2. The quantitative estimate of drug-likeness (QED) is 0.613. The minimum atomic E-state index is -2.72. The van der Waals surface area contributed by atoms with Crippen LogP contribution in [0.25, 0.3) is 11.0 Å². The predicted octanol–water partition coefficient (Wildman–Crippen LogP) is 4.14. The van der Waals surface area contributed by atoms with Gasteiger partial charge in [0.15, 0.2) is 5.82 Å². The molecule has 2 N–H and O–H groups in total. The first kappa shape index (κ1) is 19.8. The molecule has 0 saturated carbocycles. The molecule has 1 aliphatic rings. The third-order valence-corrected chi connectivity index (χ3v) is 5.08. The molecule has 9 heteroatoms. The van der Waals surface area contributed by atoms with Crippen molar-refractivity contribution in [3.05, 3.63) is 53.3 Å². The summed E-state index contributed by atoms with van der Waals surface area (Å²) in [6.45, 7) is 1.72. The van der Waals surface area contributed by atoms with Gasteiger partial charge in [-0.3, -0.25) is 4.79 Å². The number of aromatic amines is 1. The summed E-state index contributed by atoms with van der Waals surface area (Å²) in [6.07, 6.45) is -0.622. The van der Waals surface area contributed by atoms with E-state index in [0.717, 1.165) is 31.6 Å². The van der Waals surface area contributed by atoms with Crippen molar-refractivity contribution in [3.63, 3.8) is 0 Å². The summed E-state index contributed by atoms with van der Waals surface area (Å²) in [4.78, 5) is 33.3. The Kier molecular flexibility index (Phi) is 5.35. The van der Waals surface area contributed by atoms with Gasteiger partial charge in [-0.2, -0.15) is 0 Å². The van der Waals surface area contributed by atoms with Crippen LogP contribution in [0.15, 0.2) is 36.4 Å². The van der Waals surface area contributed by atoms with Crippen LogP contribution in [-0.4, -0.2) is 42.0 Å². The van der Waals surface area contributed by atoms with Crippen LogP contribution in [0.5, 0.6) is 0 Å². The number of hydrogen-bond acceptors (Lipinski definition) is 5. The number of alkyl halides is 2. The Morgan fingerprint density at radius 3 is 2.57 bits per heavy atom. The van der Waals surface area contributed by atoms with Crippen LogP contribution in [0.1, 0.15) is 45.8 Å². The molecule has 1 saturated heterocycles. The van der Waals surface area contributed by atoms with Crippen molar-refractivity contribution >= 4 is 34.3 Å². The number of methoxy groups -OCH3 is 1. The highest BCUT2D eigenvalue weighted by Crippen LogP contribution is 2.31. The number of anilines is 2. The second-order valence-corrected chi connectivity index (χ2v) is 7.03. The Labute approximate surface area is 171 Å². The number of ether oxygens (including phenoxy) is 1. The molecule has 4 rings (SSSR count). The largest absolute Gasteiger partial charge is 0.465 e. The first-order valence-corrected chi connectivity index (χ1v) is 9.53.